The van der Waals surface area contributed by atoms with Gasteiger partial charge < -0.3 is 9.47 Å². The van der Waals surface area contributed by atoms with Gasteiger partial charge in [-0.05, 0) is 29.2 Å². The van der Waals surface area contributed by atoms with Crippen LogP contribution in [0.25, 0.3) is 0 Å². The molecule has 2 rings (SSSR count). The quantitative estimate of drug-likeness (QED) is 0.551. The Hall–Kier alpha value is -2.55. The molecule has 0 aliphatic rings. The van der Waals surface area contributed by atoms with Gasteiger partial charge in [0.15, 0.2) is 6.10 Å². The standard InChI is InChI=1S/C20H22O3/c1-4-20(21)22-14-19(23-16-10-6-5-7-11-16)18-13-9-8-12-17(18)15(2)3/h4-13,15,19H,1,14H2,2-3H3. The lowest BCUT2D eigenvalue weighted by Crippen LogP contribution is -2.18. The second-order valence-corrected chi connectivity index (χ2v) is 5.54. The zero-order valence-corrected chi connectivity index (χ0v) is 13.6. The Morgan fingerprint density at radius 3 is 2.26 bits per heavy atom. The van der Waals surface area contributed by atoms with Crippen molar-refractivity contribution >= 4 is 5.97 Å². The van der Waals surface area contributed by atoms with Crippen LogP contribution in [0.2, 0.25) is 0 Å². The Morgan fingerprint density at radius 2 is 1.65 bits per heavy atom. The summed E-state index contributed by atoms with van der Waals surface area (Å²) >= 11 is 0. The molecule has 0 bridgehead atoms. The Kier molecular flexibility index (Phi) is 5.98. The lowest BCUT2D eigenvalue weighted by atomic mass is 9.94. The van der Waals surface area contributed by atoms with E-state index in [1.165, 1.54) is 5.56 Å². The van der Waals surface area contributed by atoms with E-state index >= 15 is 0 Å². The summed E-state index contributed by atoms with van der Waals surface area (Å²) in [5.41, 5.74) is 2.21. The molecule has 0 amide bonds. The molecule has 0 saturated heterocycles. The molecule has 3 heteroatoms. The largest absolute Gasteiger partial charge is 0.482 e. The number of hydrogen-bond acceptors (Lipinski definition) is 3. The maximum Gasteiger partial charge on any atom is 0.330 e. The summed E-state index contributed by atoms with van der Waals surface area (Å²) in [6.07, 6.45) is 0.799. The van der Waals surface area contributed by atoms with Gasteiger partial charge in [-0.1, -0.05) is 62.9 Å². The molecule has 0 heterocycles. The smallest absolute Gasteiger partial charge is 0.330 e. The minimum Gasteiger partial charge on any atom is -0.482 e. The van der Waals surface area contributed by atoms with Gasteiger partial charge in [0.2, 0.25) is 0 Å². The fourth-order valence-electron chi connectivity index (χ4n) is 2.40. The summed E-state index contributed by atoms with van der Waals surface area (Å²) in [6.45, 7) is 7.83. The molecule has 0 aliphatic carbocycles. The first kappa shape index (κ1) is 16.8. The van der Waals surface area contributed by atoms with Crippen LogP contribution in [0.15, 0.2) is 67.3 Å². The van der Waals surface area contributed by atoms with E-state index in [2.05, 4.69) is 26.5 Å². The third-order valence-electron chi connectivity index (χ3n) is 3.53. The van der Waals surface area contributed by atoms with Crippen molar-refractivity contribution in [1.82, 2.24) is 0 Å². The van der Waals surface area contributed by atoms with Gasteiger partial charge in [0, 0.05) is 6.08 Å². The van der Waals surface area contributed by atoms with Crippen molar-refractivity contribution in [1.29, 1.82) is 0 Å². The zero-order valence-electron chi connectivity index (χ0n) is 13.6. The molecule has 0 N–H and O–H groups in total. The van der Waals surface area contributed by atoms with Crippen LogP contribution in [0.1, 0.15) is 37.0 Å². The predicted molar refractivity (Wildman–Crippen MR) is 91.5 cm³/mol. The molecule has 2 aromatic carbocycles. The molecule has 1 unspecified atom stereocenters. The summed E-state index contributed by atoms with van der Waals surface area (Å²) in [5.74, 6) is 0.641. The zero-order chi connectivity index (χ0) is 16.7. The number of carbonyl (C=O) groups is 1. The summed E-state index contributed by atoms with van der Waals surface area (Å²) in [5, 5.41) is 0. The van der Waals surface area contributed by atoms with Crippen molar-refractivity contribution in [3.8, 4) is 5.75 Å². The summed E-state index contributed by atoms with van der Waals surface area (Å²) in [7, 11) is 0. The molecule has 2 aromatic rings. The molecule has 0 aliphatic heterocycles. The molecule has 120 valence electrons. The number of benzene rings is 2. The van der Waals surface area contributed by atoms with Crippen molar-refractivity contribution < 1.29 is 14.3 Å². The molecule has 23 heavy (non-hydrogen) atoms. The van der Waals surface area contributed by atoms with Crippen LogP contribution in [-0.4, -0.2) is 12.6 Å². The normalized spacial score (nSPS) is 11.8. The van der Waals surface area contributed by atoms with Gasteiger partial charge >= 0.3 is 5.97 Å². The first-order valence-electron chi connectivity index (χ1n) is 7.71. The van der Waals surface area contributed by atoms with Gasteiger partial charge in [0.05, 0.1) is 0 Å². The number of esters is 1. The molecule has 0 spiro atoms. The molecular formula is C20H22O3. The van der Waals surface area contributed by atoms with Gasteiger partial charge in [-0.2, -0.15) is 0 Å². The van der Waals surface area contributed by atoms with Crippen molar-refractivity contribution in [3.05, 3.63) is 78.4 Å². The SMILES string of the molecule is C=CC(=O)OCC(Oc1ccccc1)c1ccccc1C(C)C. The van der Waals surface area contributed by atoms with E-state index in [1.54, 1.807) is 0 Å². The molecule has 0 aromatic heterocycles. The monoisotopic (exact) mass is 310 g/mol. The average molecular weight is 310 g/mol. The number of rotatable bonds is 7. The van der Waals surface area contributed by atoms with E-state index in [1.807, 2.05) is 48.5 Å². The Labute approximate surface area is 137 Å². The van der Waals surface area contributed by atoms with Crippen LogP contribution in [0.3, 0.4) is 0 Å². The highest BCUT2D eigenvalue weighted by Gasteiger charge is 2.20. The van der Waals surface area contributed by atoms with E-state index < -0.39 is 5.97 Å². The van der Waals surface area contributed by atoms with E-state index in [0.29, 0.717) is 5.92 Å². The topological polar surface area (TPSA) is 35.5 Å². The van der Waals surface area contributed by atoms with Crippen molar-refractivity contribution in [2.75, 3.05) is 6.61 Å². The lowest BCUT2D eigenvalue weighted by molar-refractivity contribution is -0.140. The highest BCUT2D eigenvalue weighted by Crippen LogP contribution is 2.29. The molecule has 0 saturated carbocycles. The van der Waals surface area contributed by atoms with Crippen LogP contribution < -0.4 is 4.74 Å². The minimum absolute atomic E-state index is 0.142. The predicted octanol–water partition coefficient (Wildman–Crippen LogP) is 4.66. The van der Waals surface area contributed by atoms with E-state index in [9.17, 15) is 4.79 Å². The average Bonchev–Trinajstić information content (AvgIpc) is 2.59. The second kappa shape index (κ2) is 8.18. The molecular weight excluding hydrogens is 288 g/mol. The Morgan fingerprint density at radius 1 is 1.04 bits per heavy atom. The fourth-order valence-corrected chi connectivity index (χ4v) is 2.40. The van der Waals surface area contributed by atoms with Crippen LogP contribution in [0.5, 0.6) is 5.75 Å². The van der Waals surface area contributed by atoms with Crippen LogP contribution in [-0.2, 0) is 9.53 Å². The van der Waals surface area contributed by atoms with Gasteiger partial charge in [-0.3, -0.25) is 0 Å². The maximum atomic E-state index is 11.4. The maximum absolute atomic E-state index is 11.4. The molecule has 0 fully saturated rings. The highest BCUT2D eigenvalue weighted by molar-refractivity contribution is 5.81. The van der Waals surface area contributed by atoms with Crippen molar-refractivity contribution in [2.45, 2.75) is 25.9 Å². The van der Waals surface area contributed by atoms with Crippen molar-refractivity contribution in [3.63, 3.8) is 0 Å². The summed E-state index contributed by atoms with van der Waals surface area (Å²) < 4.78 is 11.3. The first-order valence-corrected chi connectivity index (χ1v) is 7.71. The van der Waals surface area contributed by atoms with E-state index in [-0.39, 0.29) is 12.7 Å². The Bertz CT molecular complexity index is 647. The highest BCUT2D eigenvalue weighted by atomic mass is 16.6. The summed E-state index contributed by atoms with van der Waals surface area (Å²) in [6, 6.07) is 17.6. The molecule has 0 radical (unpaired) electrons. The number of hydrogen-bond donors (Lipinski definition) is 0. The van der Waals surface area contributed by atoms with Crippen LogP contribution in [0, 0.1) is 0 Å². The van der Waals surface area contributed by atoms with Crippen LogP contribution in [0.4, 0.5) is 0 Å². The third-order valence-corrected chi connectivity index (χ3v) is 3.53. The van der Waals surface area contributed by atoms with Crippen LogP contribution >= 0.6 is 0 Å². The second-order valence-electron chi connectivity index (χ2n) is 5.54. The van der Waals surface area contributed by atoms with E-state index in [4.69, 9.17) is 9.47 Å². The van der Waals surface area contributed by atoms with Gasteiger partial charge in [-0.25, -0.2) is 4.79 Å². The fraction of sp³-hybridized carbons (Fsp3) is 0.250. The van der Waals surface area contributed by atoms with Gasteiger partial charge in [-0.15, -0.1) is 0 Å². The summed E-state index contributed by atoms with van der Waals surface area (Å²) in [4.78, 5) is 11.4. The minimum atomic E-state index is -0.450. The van der Waals surface area contributed by atoms with E-state index in [0.717, 1.165) is 17.4 Å². The molecule has 3 nitrogen and oxygen atoms in total. The number of ether oxygens (including phenoxy) is 2. The number of carbonyl (C=O) groups excluding carboxylic acids is 1. The van der Waals surface area contributed by atoms with Crippen molar-refractivity contribution in [2.24, 2.45) is 0 Å². The number of para-hydroxylation sites is 1. The first-order chi connectivity index (χ1) is 11.1. The van der Waals surface area contributed by atoms with Gasteiger partial charge in [0.1, 0.15) is 12.4 Å². The van der Waals surface area contributed by atoms with Gasteiger partial charge in [0.25, 0.3) is 0 Å². The lowest BCUT2D eigenvalue weighted by Gasteiger charge is -2.23. The Balaban J connectivity index is 2.29. The molecule has 1 atom stereocenters. The third kappa shape index (κ3) is 4.71.